The van der Waals surface area contributed by atoms with Crippen LogP contribution in [0.5, 0.6) is 11.5 Å². The molecule has 0 unspecified atom stereocenters. The van der Waals surface area contributed by atoms with Gasteiger partial charge in [0.15, 0.2) is 0 Å². The molecule has 0 bridgehead atoms. The molecule has 0 aliphatic rings. The average molecular weight is 935 g/mol. The molecule has 2 nitrogen and oxygen atoms in total. The van der Waals surface area contributed by atoms with Crippen LogP contribution < -0.4 is 9.47 Å². The molecule has 8 aromatic rings. The van der Waals surface area contributed by atoms with Crippen LogP contribution in [0.1, 0.15) is 33.4 Å². The van der Waals surface area contributed by atoms with Crippen molar-refractivity contribution >= 4 is 73.3 Å². The van der Waals surface area contributed by atoms with Crippen LogP contribution in [0, 0.1) is 13.8 Å². The summed E-state index contributed by atoms with van der Waals surface area (Å²) in [5.41, 5.74) is 12.7. The van der Waals surface area contributed by atoms with E-state index in [0.717, 1.165) is 43.7 Å². The van der Waals surface area contributed by atoms with Crippen molar-refractivity contribution in [2.75, 3.05) is 14.2 Å². The summed E-state index contributed by atoms with van der Waals surface area (Å²) in [6.45, 7) is 8.60. The molecule has 0 aliphatic carbocycles. The molecule has 8 aromatic carbocycles. The standard InChI is InChI=1S/2C24H21OS.C2H6Si.2ClH.Zr/c2*1-16-12-19-4-3-5-22(23(19)13-16)18-8-6-17(7-9-18)14-20-10-11-21(25-2)15-24(20)26;1-3-2;;;/h2*3-13,15,26H,14H2,1-2H3;1-2H3;2*1H;/q2*-1;;;;+4/p-2. The van der Waals surface area contributed by atoms with Crippen molar-refractivity contribution in [2.45, 2.75) is 49.6 Å². The van der Waals surface area contributed by atoms with Gasteiger partial charge in [-0.2, -0.15) is 12.1 Å². The van der Waals surface area contributed by atoms with Crippen molar-refractivity contribution in [1.29, 1.82) is 0 Å². The summed E-state index contributed by atoms with van der Waals surface area (Å²) >= 11 is 8.36. The minimum absolute atomic E-state index is 0.826. The van der Waals surface area contributed by atoms with Gasteiger partial charge in [-0.25, -0.2) is 0 Å². The third-order valence-electron chi connectivity index (χ3n) is 9.69. The molecule has 294 valence electrons. The van der Waals surface area contributed by atoms with Crippen LogP contribution in [0.3, 0.4) is 0 Å². The molecule has 0 saturated heterocycles. The number of hydrogen-bond acceptors (Lipinski definition) is 4. The molecular weight excluding hydrogens is 887 g/mol. The van der Waals surface area contributed by atoms with Gasteiger partial charge < -0.3 is 9.47 Å². The van der Waals surface area contributed by atoms with Crippen LogP contribution in [-0.4, -0.2) is 23.7 Å². The fourth-order valence-corrected chi connectivity index (χ4v) is 7.52. The van der Waals surface area contributed by atoms with E-state index in [0.29, 0.717) is 0 Å². The Hall–Kier alpha value is -3.48. The molecule has 8 heteroatoms. The van der Waals surface area contributed by atoms with E-state index in [4.69, 9.17) is 26.5 Å². The van der Waals surface area contributed by atoms with E-state index in [-0.39, 0.29) is 0 Å². The molecule has 58 heavy (non-hydrogen) atoms. The van der Waals surface area contributed by atoms with Crippen molar-refractivity contribution in [3.8, 4) is 33.8 Å². The van der Waals surface area contributed by atoms with Gasteiger partial charge in [0, 0.05) is 19.3 Å². The second kappa shape index (κ2) is 22.8. The topological polar surface area (TPSA) is 18.5 Å². The number of rotatable bonds is 8. The van der Waals surface area contributed by atoms with Gasteiger partial charge in [-0.1, -0.05) is 111 Å². The Morgan fingerprint density at radius 2 is 0.914 bits per heavy atom. The Morgan fingerprint density at radius 3 is 1.24 bits per heavy atom. The molecule has 0 aliphatic heterocycles. The van der Waals surface area contributed by atoms with Crippen LogP contribution in [0.2, 0.25) is 13.1 Å². The van der Waals surface area contributed by atoms with Gasteiger partial charge in [-0.05, 0) is 70.5 Å². The van der Waals surface area contributed by atoms with E-state index < -0.39 is 20.8 Å². The third-order valence-corrected chi connectivity index (χ3v) is 10.5. The minimum atomic E-state index is -0.826. The monoisotopic (exact) mass is 932 g/mol. The number of halogens is 2. The Kier molecular flexibility index (Phi) is 17.9. The maximum absolute atomic E-state index is 5.25. The summed E-state index contributed by atoms with van der Waals surface area (Å²) in [4.78, 5) is 1.93. The van der Waals surface area contributed by atoms with Crippen molar-refractivity contribution in [3.63, 3.8) is 0 Å². The zero-order valence-corrected chi connectivity index (χ0v) is 40.5. The quantitative estimate of drug-likeness (QED) is 0.0898. The van der Waals surface area contributed by atoms with E-state index in [1.54, 1.807) is 14.2 Å². The zero-order valence-electron chi connectivity index (χ0n) is 33.7. The number of benzene rings is 6. The first-order valence-electron chi connectivity index (χ1n) is 18.9. The zero-order chi connectivity index (χ0) is 41.6. The number of aryl methyl sites for hydroxylation is 2. The fraction of sp³-hybridized carbons (Fsp3) is 0.160. The molecule has 0 atom stereocenters. The summed E-state index contributed by atoms with van der Waals surface area (Å²) in [5, 5.41) is 5.26. The van der Waals surface area contributed by atoms with Crippen LogP contribution in [-0.2, 0) is 33.7 Å². The predicted molar refractivity (Wildman–Crippen MR) is 255 cm³/mol. The number of methoxy groups -OCH3 is 2. The number of thiol groups is 2. The van der Waals surface area contributed by atoms with Gasteiger partial charge in [0.25, 0.3) is 0 Å². The Labute approximate surface area is 377 Å². The summed E-state index contributed by atoms with van der Waals surface area (Å²) < 4.78 is 10.5. The third kappa shape index (κ3) is 12.3. The van der Waals surface area contributed by atoms with E-state index in [9.17, 15) is 0 Å². The molecule has 0 fully saturated rings. The van der Waals surface area contributed by atoms with Crippen LogP contribution in [0.25, 0.3) is 43.8 Å². The fourth-order valence-electron chi connectivity index (χ4n) is 6.96. The Morgan fingerprint density at radius 1 is 0.552 bits per heavy atom. The Balaban J connectivity index is 0.000000195. The number of fused-ring (bicyclic) bond motifs is 2. The normalized spacial score (nSPS) is 10.4. The molecule has 0 heterocycles. The van der Waals surface area contributed by atoms with Crippen LogP contribution in [0.4, 0.5) is 0 Å². The number of ether oxygens (including phenoxy) is 2. The van der Waals surface area contributed by atoms with Gasteiger partial charge >= 0.3 is 37.9 Å². The first-order chi connectivity index (χ1) is 28.1. The summed E-state index contributed by atoms with van der Waals surface area (Å²) in [7, 11) is 14.3. The summed E-state index contributed by atoms with van der Waals surface area (Å²) in [5.74, 6) is 1.68. The molecule has 2 radical (unpaired) electrons. The van der Waals surface area contributed by atoms with Crippen LogP contribution >= 0.6 is 42.3 Å². The first kappa shape index (κ1) is 45.6. The molecule has 0 aromatic heterocycles. The van der Waals surface area contributed by atoms with Crippen molar-refractivity contribution < 1.29 is 30.3 Å². The molecule has 0 saturated carbocycles. The Bertz CT molecular complexity index is 2350. The van der Waals surface area contributed by atoms with E-state index in [1.807, 2.05) is 24.3 Å². The van der Waals surface area contributed by atoms with E-state index in [1.165, 1.54) is 77.2 Å². The van der Waals surface area contributed by atoms with Crippen molar-refractivity contribution in [1.82, 2.24) is 0 Å². The number of hydrogen-bond donors (Lipinski definition) is 2. The summed E-state index contributed by atoms with van der Waals surface area (Å²) in [6, 6.07) is 51.8. The molecule has 0 amide bonds. The predicted octanol–water partition coefficient (Wildman–Crippen LogP) is 15.0. The van der Waals surface area contributed by atoms with Gasteiger partial charge in [-0.3, -0.25) is 0 Å². The molecular formula is C50H48Cl2O2S2SiZr. The van der Waals surface area contributed by atoms with Gasteiger partial charge in [0.05, 0.1) is 14.2 Å². The molecule has 0 N–H and O–H groups in total. The summed E-state index contributed by atoms with van der Waals surface area (Å²) in [6.07, 6.45) is 1.73. The van der Waals surface area contributed by atoms with Gasteiger partial charge in [0.1, 0.15) is 11.5 Å². The molecule has 8 rings (SSSR count). The van der Waals surface area contributed by atoms with Crippen molar-refractivity contribution in [3.05, 3.63) is 179 Å². The van der Waals surface area contributed by atoms with Gasteiger partial charge in [0.2, 0.25) is 0 Å². The van der Waals surface area contributed by atoms with E-state index in [2.05, 4.69) is 174 Å². The SMILES string of the molecule is COc1ccc(Cc2ccc(-c3cccc4[cH-]c(C)cc34)cc2)c(S)c1.COc1ccc(Cc2ccc(-c3cccc4[cH-]c(C)cc34)cc2)c(S)c1.C[Si]C.[Cl][Zr+2][Cl]. The van der Waals surface area contributed by atoms with Crippen molar-refractivity contribution in [2.24, 2.45) is 0 Å². The second-order valence-corrected chi connectivity index (χ2v) is 19.7. The molecule has 0 spiro atoms. The second-order valence-electron chi connectivity index (χ2n) is 14.0. The van der Waals surface area contributed by atoms with E-state index >= 15 is 0 Å². The maximum atomic E-state index is 5.25. The average Bonchev–Trinajstić information content (AvgIpc) is 3.81. The van der Waals surface area contributed by atoms with Crippen LogP contribution in [0.15, 0.2) is 155 Å². The van der Waals surface area contributed by atoms with Gasteiger partial charge in [-0.15, -0.1) is 94.3 Å². The first-order valence-corrected chi connectivity index (χ1v) is 28.1.